The van der Waals surface area contributed by atoms with Crippen LogP contribution in [0.5, 0.6) is 0 Å². The number of carbonyl (C=O) groups is 1. The molecule has 0 spiro atoms. The van der Waals surface area contributed by atoms with Crippen molar-refractivity contribution in [1.82, 2.24) is 4.98 Å². The molecule has 0 aliphatic heterocycles. The molecule has 1 aromatic carbocycles. The van der Waals surface area contributed by atoms with Crippen molar-refractivity contribution >= 4 is 17.3 Å². The summed E-state index contributed by atoms with van der Waals surface area (Å²) in [5.41, 5.74) is 4.15. The Kier molecular flexibility index (Phi) is 3.60. The van der Waals surface area contributed by atoms with Crippen LogP contribution in [0, 0.1) is 0 Å². The second kappa shape index (κ2) is 5.56. The monoisotopic (exact) mass is 282 g/mol. The second-order valence-corrected chi connectivity index (χ2v) is 5.54. The summed E-state index contributed by atoms with van der Waals surface area (Å²) in [6.07, 6.45) is 5.21. The van der Waals surface area contributed by atoms with Crippen molar-refractivity contribution < 1.29 is 9.90 Å². The molecule has 108 valence electrons. The maximum Gasteiger partial charge on any atom is 0.337 e. The minimum atomic E-state index is -0.933. The molecule has 1 heterocycles. The van der Waals surface area contributed by atoms with Crippen LogP contribution in [0.3, 0.4) is 0 Å². The zero-order chi connectivity index (χ0) is 14.8. The summed E-state index contributed by atoms with van der Waals surface area (Å²) in [7, 11) is 0. The summed E-state index contributed by atoms with van der Waals surface area (Å²) < 4.78 is 0. The van der Waals surface area contributed by atoms with E-state index in [1.54, 1.807) is 24.4 Å². The normalized spacial score (nSPS) is 17.1. The van der Waals surface area contributed by atoms with Gasteiger partial charge < -0.3 is 10.4 Å². The molecule has 0 saturated heterocycles. The summed E-state index contributed by atoms with van der Waals surface area (Å²) in [4.78, 5) is 15.8. The molecule has 0 amide bonds. The van der Waals surface area contributed by atoms with Crippen LogP contribution in [0.4, 0.5) is 11.4 Å². The lowest BCUT2D eigenvalue weighted by Gasteiger charge is -2.22. The zero-order valence-electron chi connectivity index (χ0n) is 12.0. The van der Waals surface area contributed by atoms with Gasteiger partial charge in [0.05, 0.1) is 23.1 Å². The molecule has 1 aliphatic carbocycles. The molecule has 2 N–H and O–H groups in total. The molecule has 4 heteroatoms. The van der Waals surface area contributed by atoms with Gasteiger partial charge in [0.2, 0.25) is 0 Å². The van der Waals surface area contributed by atoms with Gasteiger partial charge in [-0.05, 0) is 48.9 Å². The molecule has 1 aromatic heterocycles. The van der Waals surface area contributed by atoms with Crippen molar-refractivity contribution in [3.05, 3.63) is 53.3 Å². The van der Waals surface area contributed by atoms with Crippen molar-refractivity contribution in [2.24, 2.45) is 0 Å². The largest absolute Gasteiger partial charge is 0.478 e. The first-order valence-corrected chi connectivity index (χ1v) is 7.23. The van der Waals surface area contributed by atoms with Gasteiger partial charge in [-0.2, -0.15) is 0 Å². The number of pyridine rings is 1. The Morgan fingerprint density at radius 2 is 2.19 bits per heavy atom. The molecule has 4 nitrogen and oxygen atoms in total. The topological polar surface area (TPSA) is 62.2 Å². The van der Waals surface area contributed by atoms with Crippen molar-refractivity contribution in [3.63, 3.8) is 0 Å². The van der Waals surface area contributed by atoms with E-state index in [4.69, 9.17) is 0 Å². The number of anilines is 2. The first kappa shape index (κ1) is 13.6. The fourth-order valence-electron chi connectivity index (χ4n) is 2.90. The van der Waals surface area contributed by atoms with Crippen LogP contribution < -0.4 is 5.32 Å². The summed E-state index contributed by atoms with van der Waals surface area (Å²) in [5, 5.41) is 12.4. The van der Waals surface area contributed by atoms with Crippen LogP contribution >= 0.6 is 0 Å². The number of aromatic nitrogens is 1. The number of rotatable bonds is 3. The smallest absolute Gasteiger partial charge is 0.337 e. The quantitative estimate of drug-likeness (QED) is 0.894. The van der Waals surface area contributed by atoms with E-state index in [0.717, 1.165) is 12.1 Å². The number of aromatic carboxylic acids is 1. The lowest BCUT2D eigenvalue weighted by Crippen LogP contribution is -2.10. The molecule has 0 radical (unpaired) electrons. The molecular weight excluding hydrogens is 264 g/mol. The number of benzene rings is 1. The number of carboxylic acid groups (broad SMARTS) is 1. The molecule has 1 unspecified atom stereocenters. The highest BCUT2D eigenvalue weighted by atomic mass is 16.4. The predicted molar refractivity (Wildman–Crippen MR) is 82.3 cm³/mol. The SMILES string of the molecule is CC1CCCc2cc(Nc3ccccc3C(=O)O)cnc21. The van der Waals surface area contributed by atoms with Gasteiger partial charge in [-0.25, -0.2) is 4.79 Å². The number of nitrogens with one attached hydrogen (secondary N) is 1. The summed E-state index contributed by atoms with van der Waals surface area (Å²) in [6.45, 7) is 2.21. The maximum atomic E-state index is 11.2. The fourth-order valence-corrected chi connectivity index (χ4v) is 2.90. The molecule has 1 aliphatic rings. The van der Waals surface area contributed by atoms with Gasteiger partial charge in [-0.3, -0.25) is 4.98 Å². The molecule has 0 bridgehead atoms. The van der Waals surface area contributed by atoms with Gasteiger partial charge >= 0.3 is 5.97 Å². The number of nitrogens with zero attached hydrogens (tertiary/aromatic N) is 1. The van der Waals surface area contributed by atoms with Crippen molar-refractivity contribution in [2.45, 2.75) is 32.1 Å². The van der Waals surface area contributed by atoms with Gasteiger partial charge in [0.15, 0.2) is 0 Å². The second-order valence-electron chi connectivity index (χ2n) is 5.54. The Bertz CT molecular complexity index is 682. The minimum absolute atomic E-state index is 0.267. The highest BCUT2D eigenvalue weighted by molar-refractivity contribution is 5.95. The van der Waals surface area contributed by atoms with E-state index in [9.17, 15) is 9.90 Å². The lowest BCUT2D eigenvalue weighted by atomic mass is 9.88. The van der Waals surface area contributed by atoms with Crippen molar-refractivity contribution in [2.75, 3.05) is 5.32 Å². The number of fused-ring (bicyclic) bond motifs is 1. The van der Waals surface area contributed by atoms with E-state index in [0.29, 0.717) is 11.6 Å². The molecular formula is C17H18N2O2. The first-order chi connectivity index (χ1) is 10.1. The van der Waals surface area contributed by atoms with Crippen LogP contribution in [0.15, 0.2) is 36.5 Å². The van der Waals surface area contributed by atoms with Crippen LogP contribution in [-0.4, -0.2) is 16.1 Å². The highest BCUT2D eigenvalue weighted by Crippen LogP contribution is 2.31. The molecule has 3 rings (SSSR count). The zero-order valence-corrected chi connectivity index (χ0v) is 12.0. The van der Waals surface area contributed by atoms with E-state index < -0.39 is 5.97 Å². The average Bonchev–Trinajstić information content (AvgIpc) is 2.48. The van der Waals surface area contributed by atoms with Crippen molar-refractivity contribution in [1.29, 1.82) is 0 Å². The van der Waals surface area contributed by atoms with Gasteiger partial charge in [0.1, 0.15) is 0 Å². The Balaban J connectivity index is 1.91. The standard InChI is InChI=1S/C17H18N2O2/c1-11-5-4-6-12-9-13(10-18-16(11)12)19-15-8-3-2-7-14(15)17(20)21/h2-3,7-11,19H,4-6H2,1H3,(H,20,21). The average molecular weight is 282 g/mol. The van der Waals surface area contributed by atoms with E-state index >= 15 is 0 Å². The third-order valence-electron chi connectivity index (χ3n) is 3.99. The number of carboxylic acids is 1. The van der Waals surface area contributed by atoms with Crippen molar-refractivity contribution in [3.8, 4) is 0 Å². The Hall–Kier alpha value is -2.36. The number of hydrogen-bond donors (Lipinski definition) is 2. The Morgan fingerprint density at radius 3 is 3.00 bits per heavy atom. The van der Waals surface area contributed by atoms with E-state index in [1.165, 1.54) is 24.1 Å². The van der Waals surface area contributed by atoms with E-state index in [2.05, 4.69) is 23.3 Å². The van der Waals surface area contributed by atoms with Crippen LogP contribution in [0.1, 0.15) is 47.3 Å². The maximum absolute atomic E-state index is 11.2. The lowest BCUT2D eigenvalue weighted by molar-refractivity contribution is 0.0698. The summed E-state index contributed by atoms with van der Waals surface area (Å²) in [6, 6.07) is 9.00. The number of aryl methyl sites for hydroxylation is 1. The third kappa shape index (κ3) is 2.75. The van der Waals surface area contributed by atoms with E-state index in [-0.39, 0.29) is 5.56 Å². The van der Waals surface area contributed by atoms with Gasteiger partial charge in [-0.1, -0.05) is 19.1 Å². The number of para-hydroxylation sites is 1. The molecule has 1 atom stereocenters. The van der Waals surface area contributed by atoms with Crippen LogP contribution in [0.2, 0.25) is 0 Å². The number of hydrogen-bond acceptors (Lipinski definition) is 3. The fraction of sp³-hybridized carbons (Fsp3) is 0.294. The van der Waals surface area contributed by atoms with Crippen LogP contribution in [-0.2, 0) is 6.42 Å². The molecule has 0 fully saturated rings. The molecule has 21 heavy (non-hydrogen) atoms. The summed E-state index contributed by atoms with van der Waals surface area (Å²) >= 11 is 0. The summed E-state index contributed by atoms with van der Waals surface area (Å²) in [5.74, 6) is -0.424. The minimum Gasteiger partial charge on any atom is -0.478 e. The van der Waals surface area contributed by atoms with Gasteiger partial charge in [0, 0.05) is 5.69 Å². The third-order valence-corrected chi connectivity index (χ3v) is 3.99. The van der Waals surface area contributed by atoms with Gasteiger partial charge in [-0.15, -0.1) is 0 Å². The predicted octanol–water partition coefficient (Wildman–Crippen LogP) is 3.96. The molecule has 2 aromatic rings. The van der Waals surface area contributed by atoms with Gasteiger partial charge in [0.25, 0.3) is 0 Å². The molecule has 0 saturated carbocycles. The highest BCUT2D eigenvalue weighted by Gasteiger charge is 2.18. The Labute approximate surface area is 123 Å². The Morgan fingerprint density at radius 1 is 1.38 bits per heavy atom. The first-order valence-electron chi connectivity index (χ1n) is 7.23. The van der Waals surface area contributed by atoms with E-state index in [1.807, 2.05) is 6.07 Å². The van der Waals surface area contributed by atoms with Crippen LogP contribution in [0.25, 0.3) is 0 Å².